The lowest BCUT2D eigenvalue weighted by Crippen LogP contribution is -2.32. The monoisotopic (exact) mass is 282 g/mol. The summed E-state index contributed by atoms with van der Waals surface area (Å²) in [5.74, 6) is -0.510. The fourth-order valence-electron chi connectivity index (χ4n) is 3.53. The zero-order valence-electron chi connectivity index (χ0n) is 11.9. The highest BCUT2D eigenvalue weighted by atomic mass is 19.2. The van der Waals surface area contributed by atoms with E-state index in [2.05, 4.69) is 16.8 Å². The lowest BCUT2D eigenvalue weighted by Gasteiger charge is -2.21. The SMILES string of the molecule is COc1ccc(F)c(F)c1CN1C[C@@H]2CCN(C)[C@@H]2C1. The van der Waals surface area contributed by atoms with E-state index < -0.39 is 11.6 Å². The van der Waals surface area contributed by atoms with Gasteiger partial charge in [-0.25, -0.2) is 8.78 Å². The van der Waals surface area contributed by atoms with Crippen molar-refractivity contribution in [3.05, 3.63) is 29.3 Å². The molecule has 3 rings (SSSR count). The van der Waals surface area contributed by atoms with Gasteiger partial charge in [0.1, 0.15) is 5.75 Å². The fourth-order valence-corrected chi connectivity index (χ4v) is 3.53. The zero-order valence-corrected chi connectivity index (χ0v) is 11.9. The van der Waals surface area contributed by atoms with Gasteiger partial charge in [0.15, 0.2) is 11.6 Å². The molecule has 0 radical (unpaired) electrons. The number of likely N-dealkylation sites (N-methyl/N-ethyl adjacent to an activating group) is 1. The summed E-state index contributed by atoms with van der Waals surface area (Å²) >= 11 is 0. The van der Waals surface area contributed by atoms with Crippen molar-refractivity contribution < 1.29 is 13.5 Å². The third-order valence-corrected chi connectivity index (χ3v) is 4.66. The number of nitrogens with zero attached hydrogens (tertiary/aromatic N) is 2. The van der Waals surface area contributed by atoms with Crippen LogP contribution in [0.1, 0.15) is 12.0 Å². The summed E-state index contributed by atoms with van der Waals surface area (Å²) in [6.07, 6.45) is 1.19. The summed E-state index contributed by atoms with van der Waals surface area (Å²) in [6, 6.07) is 3.17. The Morgan fingerprint density at radius 1 is 1.30 bits per heavy atom. The van der Waals surface area contributed by atoms with Crippen molar-refractivity contribution >= 4 is 0 Å². The summed E-state index contributed by atoms with van der Waals surface area (Å²) in [7, 11) is 3.63. The van der Waals surface area contributed by atoms with E-state index >= 15 is 0 Å². The predicted molar refractivity (Wildman–Crippen MR) is 72.7 cm³/mol. The van der Waals surface area contributed by atoms with Crippen LogP contribution in [0.25, 0.3) is 0 Å². The lowest BCUT2D eigenvalue weighted by atomic mass is 10.1. The van der Waals surface area contributed by atoms with E-state index in [1.165, 1.54) is 19.6 Å². The molecule has 2 saturated heterocycles. The second kappa shape index (κ2) is 5.30. The van der Waals surface area contributed by atoms with Crippen LogP contribution in [0.2, 0.25) is 0 Å². The average molecular weight is 282 g/mol. The minimum Gasteiger partial charge on any atom is -0.496 e. The van der Waals surface area contributed by atoms with Crippen LogP contribution in [0.4, 0.5) is 8.78 Å². The Labute approximate surface area is 118 Å². The van der Waals surface area contributed by atoms with Gasteiger partial charge in [-0.1, -0.05) is 0 Å². The van der Waals surface area contributed by atoms with E-state index in [-0.39, 0.29) is 0 Å². The predicted octanol–water partition coefficient (Wildman–Crippen LogP) is 2.11. The molecule has 0 aromatic heterocycles. The molecule has 0 spiro atoms. The van der Waals surface area contributed by atoms with E-state index in [1.54, 1.807) is 0 Å². The summed E-state index contributed by atoms with van der Waals surface area (Å²) < 4.78 is 32.5. The van der Waals surface area contributed by atoms with Crippen LogP contribution < -0.4 is 4.74 Å². The molecule has 0 unspecified atom stereocenters. The maximum absolute atomic E-state index is 14.0. The van der Waals surface area contributed by atoms with Gasteiger partial charge in [-0.2, -0.15) is 0 Å². The van der Waals surface area contributed by atoms with Crippen LogP contribution in [0.5, 0.6) is 5.75 Å². The van der Waals surface area contributed by atoms with Crippen LogP contribution in [0.3, 0.4) is 0 Å². The van der Waals surface area contributed by atoms with Gasteiger partial charge in [0.25, 0.3) is 0 Å². The molecule has 20 heavy (non-hydrogen) atoms. The largest absolute Gasteiger partial charge is 0.496 e. The van der Waals surface area contributed by atoms with Crippen LogP contribution in [0, 0.1) is 17.6 Å². The van der Waals surface area contributed by atoms with Crippen molar-refractivity contribution in [1.29, 1.82) is 0 Å². The molecule has 2 atom stereocenters. The molecule has 1 aromatic carbocycles. The average Bonchev–Trinajstić information content (AvgIpc) is 2.98. The smallest absolute Gasteiger partial charge is 0.167 e. The second-order valence-electron chi connectivity index (χ2n) is 5.83. The lowest BCUT2D eigenvalue weighted by molar-refractivity contribution is 0.249. The van der Waals surface area contributed by atoms with Crippen LogP contribution in [0.15, 0.2) is 12.1 Å². The molecule has 0 bridgehead atoms. The maximum atomic E-state index is 14.0. The first-order valence-electron chi connectivity index (χ1n) is 7.03. The third kappa shape index (κ3) is 2.29. The number of hydrogen-bond acceptors (Lipinski definition) is 3. The summed E-state index contributed by atoms with van der Waals surface area (Å²) in [4.78, 5) is 4.56. The van der Waals surface area contributed by atoms with Crippen molar-refractivity contribution in [2.45, 2.75) is 19.0 Å². The Morgan fingerprint density at radius 2 is 2.10 bits per heavy atom. The van der Waals surface area contributed by atoms with Crippen molar-refractivity contribution in [3.63, 3.8) is 0 Å². The van der Waals surface area contributed by atoms with Gasteiger partial charge in [-0.3, -0.25) is 4.90 Å². The fraction of sp³-hybridized carbons (Fsp3) is 0.600. The maximum Gasteiger partial charge on any atom is 0.167 e. The second-order valence-corrected chi connectivity index (χ2v) is 5.83. The topological polar surface area (TPSA) is 15.7 Å². The first-order valence-corrected chi connectivity index (χ1v) is 7.03. The number of fused-ring (bicyclic) bond motifs is 1. The van der Waals surface area contributed by atoms with Crippen molar-refractivity contribution in [2.75, 3.05) is 33.8 Å². The zero-order chi connectivity index (χ0) is 14.3. The standard InChI is InChI=1S/C15H20F2N2O/c1-18-6-5-10-7-19(9-13(10)18)8-11-14(20-2)4-3-12(16)15(11)17/h3-4,10,13H,5-9H2,1-2H3/t10-,13+/m0/s1. The highest BCUT2D eigenvalue weighted by Gasteiger charge is 2.39. The number of rotatable bonds is 3. The highest BCUT2D eigenvalue weighted by Crippen LogP contribution is 2.33. The highest BCUT2D eigenvalue weighted by molar-refractivity contribution is 5.35. The molecule has 110 valence electrons. The van der Waals surface area contributed by atoms with E-state index in [0.717, 1.165) is 25.7 Å². The van der Waals surface area contributed by atoms with E-state index in [9.17, 15) is 8.78 Å². The molecular weight excluding hydrogens is 262 g/mol. The van der Waals surface area contributed by atoms with Gasteiger partial charge in [0.2, 0.25) is 0 Å². The Bertz CT molecular complexity index is 509. The minimum absolute atomic E-state index is 0.329. The molecule has 2 aliphatic rings. The quantitative estimate of drug-likeness (QED) is 0.844. The molecule has 0 aliphatic carbocycles. The minimum atomic E-state index is -0.808. The Balaban J connectivity index is 1.77. The van der Waals surface area contributed by atoms with Gasteiger partial charge < -0.3 is 9.64 Å². The Kier molecular flexibility index (Phi) is 3.65. The van der Waals surface area contributed by atoms with Gasteiger partial charge in [0, 0.05) is 31.2 Å². The van der Waals surface area contributed by atoms with E-state index in [1.807, 2.05) is 0 Å². The van der Waals surface area contributed by atoms with Crippen molar-refractivity contribution in [2.24, 2.45) is 5.92 Å². The van der Waals surface area contributed by atoms with Gasteiger partial charge in [-0.15, -0.1) is 0 Å². The molecule has 2 aliphatic heterocycles. The Hall–Kier alpha value is -1.20. The molecule has 0 amide bonds. The molecule has 3 nitrogen and oxygen atoms in total. The van der Waals surface area contributed by atoms with Gasteiger partial charge in [0.05, 0.1) is 7.11 Å². The van der Waals surface area contributed by atoms with Crippen molar-refractivity contribution in [1.82, 2.24) is 9.80 Å². The normalized spacial score (nSPS) is 27.0. The molecule has 2 heterocycles. The number of likely N-dealkylation sites (tertiary alicyclic amines) is 2. The summed E-state index contributed by atoms with van der Waals surface area (Å²) in [6.45, 7) is 3.42. The Morgan fingerprint density at radius 3 is 2.80 bits per heavy atom. The number of benzene rings is 1. The number of methoxy groups -OCH3 is 1. The number of ether oxygens (including phenoxy) is 1. The molecule has 0 N–H and O–H groups in total. The van der Waals surface area contributed by atoms with E-state index in [4.69, 9.17) is 4.74 Å². The van der Waals surface area contributed by atoms with Crippen LogP contribution >= 0.6 is 0 Å². The first kappa shape index (κ1) is 13.8. The molecule has 1 aromatic rings. The van der Waals surface area contributed by atoms with Crippen LogP contribution in [-0.4, -0.2) is 49.6 Å². The van der Waals surface area contributed by atoms with E-state index in [0.29, 0.717) is 29.8 Å². The molecular formula is C15H20F2N2O. The molecule has 5 heteroatoms. The van der Waals surface area contributed by atoms with Gasteiger partial charge in [-0.05, 0) is 38.1 Å². The number of hydrogen-bond donors (Lipinski definition) is 0. The molecule has 2 fully saturated rings. The number of halogens is 2. The molecule has 0 saturated carbocycles. The van der Waals surface area contributed by atoms with Gasteiger partial charge >= 0.3 is 0 Å². The summed E-state index contributed by atoms with van der Waals surface area (Å²) in [5, 5.41) is 0. The van der Waals surface area contributed by atoms with Crippen molar-refractivity contribution in [3.8, 4) is 5.75 Å². The van der Waals surface area contributed by atoms with Crippen LogP contribution in [-0.2, 0) is 6.54 Å². The summed E-state index contributed by atoms with van der Waals surface area (Å²) in [5.41, 5.74) is 0.329. The third-order valence-electron chi connectivity index (χ3n) is 4.66. The first-order chi connectivity index (χ1) is 9.60.